The lowest BCUT2D eigenvalue weighted by Crippen LogP contribution is -2.26. The van der Waals surface area contributed by atoms with Crippen LogP contribution in [-0.4, -0.2) is 19.9 Å². The Balaban J connectivity index is 1.80. The molecule has 22 heavy (non-hydrogen) atoms. The molecule has 1 aromatic heterocycles. The van der Waals surface area contributed by atoms with Gasteiger partial charge in [-0.05, 0) is 24.1 Å². The number of aromatic nitrogens is 1. The fourth-order valence-electron chi connectivity index (χ4n) is 2.38. The molecule has 112 valence electrons. The van der Waals surface area contributed by atoms with Crippen LogP contribution in [0.1, 0.15) is 5.56 Å². The topological polar surface area (TPSA) is 59.1 Å². The molecule has 3 aromatic rings. The third-order valence-corrected chi connectivity index (χ3v) is 5.00. The third kappa shape index (κ3) is 3.16. The molecule has 0 spiro atoms. The molecule has 0 aliphatic heterocycles. The maximum atomic E-state index is 12.5. The molecule has 0 aliphatic rings. The van der Waals surface area contributed by atoms with Gasteiger partial charge in [-0.1, -0.05) is 42.5 Å². The van der Waals surface area contributed by atoms with Crippen LogP contribution in [0.15, 0.2) is 71.9 Å². The number of nitrogens with one attached hydrogen (secondary N) is 1. The maximum Gasteiger partial charge on any atom is 0.241 e. The van der Waals surface area contributed by atoms with E-state index in [0.717, 1.165) is 10.9 Å². The minimum atomic E-state index is -3.53. The zero-order valence-electron chi connectivity index (χ0n) is 11.9. The van der Waals surface area contributed by atoms with E-state index in [1.165, 1.54) is 0 Å². The van der Waals surface area contributed by atoms with Gasteiger partial charge in [0.15, 0.2) is 0 Å². The Morgan fingerprint density at radius 3 is 2.59 bits per heavy atom. The fourth-order valence-corrected chi connectivity index (χ4v) is 3.64. The lowest BCUT2D eigenvalue weighted by molar-refractivity contribution is 0.582. The van der Waals surface area contributed by atoms with Crippen molar-refractivity contribution >= 4 is 20.8 Å². The average molecular weight is 312 g/mol. The summed E-state index contributed by atoms with van der Waals surface area (Å²) in [5.74, 6) is 0. The second kappa shape index (κ2) is 6.25. The Bertz CT molecular complexity index is 872. The smallest absolute Gasteiger partial charge is 0.241 e. The summed E-state index contributed by atoms with van der Waals surface area (Å²) in [6.45, 7) is 0.369. The summed E-state index contributed by atoms with van der Waals surface area (Å²) in [6, 6.07) is 16.7. The molecule has 5 heteroatoms. The zero-order chi connectivity index (χ0) is 15.4. The summed E-state index contributed by atoms with van der Waals surface area (Å²) in [5, 5.41) is 1.50. The van der Waals surface area contributed by atoms with Crippen molar-refractivity contribution in [3.8, 4) is 0 Å². The molecule has 0 radical (unpaired) electrons. The molecule has 2 aromatic carbocycles. The number of sulfonamides is 1. The first kappa shape index (κ1) is 14.7. The van der Waals surface area contributed by atoms with E-state index < -0.39 is 10.0 Å². The minimum Gasteiger partial charge on any atom is -0.264 e. The van der Waals surface area contributed by atoms with Crippen LogP contribution in [0.2, 0.25) is 0 Å². The van der Waals surface area contributed by atoms with E-state index >= 15 is 0 Å². The van der Waals surface area contributed by atoms with E-state index in [1.54, 1.807) is 30.6 Å². The van der Waals surface area contributed by atoms with Gasteiger partial charge in [-0.15, -0.1) is 0 Å². The summed E-state index contributed by atoms with van der Waals surface area (Å²) in [4.78, 5) is 4.31. The standard InChI is InChI=1S/C17H16N2O2S/c20-22(21,19-12-9-14-5-2-1-3-6-14)17-8-4-7-15-13-18-11-10-16(15)17/h1-8,10-11,13,19H,9,12H2. The molecule has 4 nitrogen and oxygen atoms in total. The molecule has 0 atom stereocenters. The second-order valence-electron chi connectivity index (χ2n) is 4.99. The summed E-state index contributed by atoms with van der Waals surface area (Å²) >= 11 is 0. The largest absolute Gasteiger partial charge is 0.264 e. The van der Waals surface area contributed by atoms with E-state index in [0.29, 0.717) is 23.2 Å². The van der Waals surface area contributed by atoms with E-state index in [4.69, 9.17) is 0 Å². The molecule has 1 heterocycles. The molecular weight excluding hydrogens is 296 g/mol. The highest BCUT2D eigenvalue weighted by Crippen LogP contribution is 2.21. The average Bonchev–Trinajstić information content (AvgIpc) is 2.55. The van der Waals surface area contributed by atoms with Gasteiger partial charge >= 0.3 is 0 Å². The van der Waals surface area contributed by atoms with Crippen molar-refractivity contribution in [1.82, 2.24) is 9.71 Å². The van der Waals surface area contributed by atoms with Crippen LogP contribution in [0.25, 0.3) is 10.8 Å². The van der Waals surface area contributed by atoms with Gasteiger partial charge in [-0.25, -0.2) is 13.1 Å². The summed E-state index contributed by atoms with van der Waals surface area (Å²) in [5.41, 5.74) is 1.10. The first-order valence-corrected chi connectivity index (χ1v) is 8.51. The number of hydrogen-bond acceptors (Lipinski definition) is 3. The molecule has 0 amide bonds. The molecule has 0 aliphatic carbocycles. The lowest BCUT2D eigenvalue weighted by atomic mass is 10.2. The van der Waals surface area contributed by atoms with Gasteiger partial charge in [0, 0.05) is 29.7 Å². The van der Waals surface area contributed by atoms with E-state index in [9.17, 15) is 8.42 Å². The maximum absolute atomic E-state index is 12.5. The van der Waals surface area contributed by atoms with E-state index in [-0.39, 0.29) is 0 Å². The Kier molecular flexibility index (Phi) is 4.18. The van der Waals surface area contributed by atoms with Gasteiger partial charge in [0.05, 0.1) is 4.90 Å². The number of nitrogens with zero attached hydrogens (tertiary/aromatic N) is 1. The highest BCUT2D eigenvalue weighted by atomic mass is 32.2. The molecular formula is C17H16N2O2S. The summed E-state index contributed by atoms with van der Waals surface area (Å²) in [7, 11) is -3.53. The number of fused-ring (bicyclic) bond motifs is 1. The van der Waals surface area contributed by atoms with Gasteiger partial charge in [0.1, 0.15) is 0 Å². The van der Waals surface area contributed by atoms with Crippen molar-refractivity contribution in [1.29, 1.82) is 0 Å². The Labute approximate surface area is 129 Å². The molecule has 0 unspecified atom stereocenters. The van der Waals surface area contributed by atoms with Crippen LogP contribution < -0.4 is 4.72 Å². The highest BCUT2D eigenvalue weighted by Gasteiger charge is 2.16. The minimum absolute atomic E-state index is 0.292. The lowest BCUT2D eigenvalue weighted by Gasteiger charge is -2.09. The van der Waals surface area contributed by atoms with Crippen molar-refractivity contribution < 1.29 is 8.42 Å². The van der Waals surface area contributed by atoms with Crippen molar-refractivity contribution in [2.75, 3.05) is 6.54 Å². The summed E-state index contributed by atoms with van der Waals surface area (Å²) < 4.78 is 27.7. The first-order chi connectivity index (χ1) is 10.7. The van der Waals surface area contributed by atoms with Crippen molar-refractivity contribution in [2.45, 2.75) is 11.3 Å². The Morgan fingerprint density at radius 1 is 0.955 bits per heavy atom. The van der Waals surface area contributed by atoms with Crippen LogP contribution >= 0.6 is 0 Å². The van der Waals surface area contributed by atoms with Crippen LogP contribution in [0.5, 0.6) is 0 Å². The Morgan fingerprint density at radius 2 is 1.77 bits per heavy atom. The predicted molar refractivity (Wildman–Crippen MR) is 87.1 cm³/mol. The number of benzene rings is 2. The third-order valence-electron chi connectivity index (χ3n) is 3.48. The Hall–Kier alpha value is -2.24. The monoisotopic (exact) mass is 312 g/mol. The molecule has 1 N–H and O–H groups in total. The van der Waals surface area contributed by atoms with Gasteiger partial charge in [0.25, 0.3) is 0 Å². The predicted octanol–water partition coefficient (Wildman–Crippen LogP) is 2.76. The van der Waals surface area contributed by atoms with E-state index in [2.05, 4.69) is 9.71 Å². The molecule has 3 rings (SSSR count). The molecule has 0 bridgehead atoms. The van der Waals surface area contributed by atoms with Crippen LogP contribution in [0, 0.1) is 0 Å². The van der Waals surface area contributed by atoms with Crippen molar-refractivity contribution in [3.63, 3.8) is 0 Å². The summed E-state index contributed by atoms with van der Waals surface area (Å²) in [6.07, 6.45) is 3.93. The van der Waals surface area contributed by atoms with Gasteiger partial charge in [-0.2, -0.15) is 0 Å². The van der Waals surface area contributed by atoms with E-state index in [1.807, 2.05) is 36.4 Å². The number of hydrogen-bond donors (Lipinski definition) is 1. The normalized spacial score (nSPS) is 11.6. The van der Waals surface area contributed by atoms with Crippen LogP contribution in [-0.2, 0) is 16.4 Å². The zero-order valence-corrected chi connectivity index (χ0v) is 12.8. The molecule has 0 fully saturated rings. The molecule has 0 saturated heterocycles. The second-order valence-corrected chi connectivity index (χ2v) is 6.72. The number of rotatable bonds is 5. The molecule has 0 saturated carbocycles. The first-order valence-electron chi connectivity index (χ1n) is 7.03. The highest BCUT2D eigenvalue weighted by molar-refractivity contribution is 7.89. The number of pyridine rings is 1. The van der Waals surface area contributed by atoms with Gasteiger partial charge in [-0.3, -0.25) is 4.98 Å². The SMILES string of the molecule is O=S(=O)(NCCc1ccccc1)c1cccc2cnccc12. The van der Waals surface area contributed by atoms with Gasteiger partial charge in [0.2, 0.25) is 10.0 Å². The van der Waals surface area contributed by atoms with Gasteiger partial charge < -0.3 is 0 Å². The fraction of sp³-hybridized carbons (Fsp3) is 0.118. The van der Waals surface area contributed by atoms with Crippen LogP contribution in [0.3, 0.4) is 0 Å². The van der Waals surface area contributed by atoms with Crippen molar-refractivity contribution in [3.05, 3.63) is 72.6 Å². The van der Waals surface area contributed by atoms with Crippen molar-refractivity contribution in [2.24, 2.45) is 0 Å². The quantitative estimate of drug-likeness (QED) is 0.788. The van der Waals surface area contributed by atoms with Crippen LogP contribution in [0.4, 0.5) is 0 Å².